The van der Waals surface area contributed by atoms with Crippen LogP contribution in [0, 0.1) is 17.3 Å². The van der Waals surface area contributed by atoms with E-state index >= 15 is 0 Å². The first-order chi connectivity index (χ1) is 5.52. The van der Waals surface area contributed by atoms with Crippen LogP contribution >= 0.6 is 12.4 Å². The molecule has 0 spiro atoms. The molecule has 2 aliphatic carbocycles. The SMILES string of the molecule is CN[C@@]1(C)[C@@H]2CC[C@@H](C2)C1(C)C.Cl. The average Bonchev–Trinajstić information content (AvgIpc) is 2.55. The van der Waals surface area contributed by atoms with E-state index in [9.17, 15) is 0 Å². The molecule has 0 heterocycles. The van der Waals surface area contributed by atoms with Crippen LogP contribution in [-0.4, -0.2) is 12.6 Å². The minimum absolute atomic E-state index is 0. The molecule has 0 radical (unpaired) electrons. The Labute approximate surface area is 88.1 Å². The first-order valence-corrected chi connectivity index (χ1v) is 5.21. The molecule has 0 saturated heterocycles. The molecule has 1 N–H and O–H groups in total. The highest BCUT2D eigenvalue weighted by Gasteiger charge is 2.59. The molecule has 2 bridgehead atoms. The molecule has 2 fully saturated rings. The molecule has 0 amide bonds. The van der Waals surface area contributed by atoms with E-state index in [-0.39, 0.29) is 12.4 Å². The van der Waals surface area contributed by atoms with Gasteiger partial charge in [0.25, 0.3) is 0 Å². The summed E-state index contributed by atoms with van der Waals surface area (Å²) in [5.41, 5.74) is 0.903. The predicted octanol–water partition coefficient (Wildman–Crippen LogP) is 2.84. The standard InChI is InChI=1S/C11H21N.ClH/c1-10(2)8-5-6-9(7-8)11(10,3)12-4;/h8-9,12H,5-7H2,1-4H3;1H/t8-,9+,11-;/m0./s1. The van der Waals surface area contributed by atoms with Gasteiger partial charge in [-0.25, -0.2) is 0 Å². The van der Waals surface area contributed by atoms with Gasteiger partial charge in [-0.1, -0.05) is 13.8 Å². The molecule has 0 aromatic rings. The van der Waals surface area contributed by atoms with Crippen molar-refractivity contribution < 1.29 is 0 Å². The van der Waals surface area contributed by atoms with E-state index in [2.05, 4.69) is 33.1 Å². The van der Waals surface area contributed by atoms with E-state index in [0.717, 1.165) is 11.8 Å². The van der Waals surface area contributed by atoms with Crippen LogP contribution < -0.4 is 5.32 Å². The van der Waals surface area contributed by atoms with Gasteiger partial charge >= 0.3 is 0 Å². The molecule has 1 nitrogen and oxygen atoms in total. The van der Waals surface area contributed by atoms with Crippen LogP contribution in [0.1, 0.15) is 40.0 Å². The zero-order valence-corrected chi connectivity index (χ0v) is 10.0. The lowest BCUT2D eigenvalue weighted by atomic mass is 9.64. The van der Waals surface area contributed by atoms with Gasteiger partial charge in [-0.05, 0) is 50.5 Å². The normalized spacial score (nSPS) is 46.2. The van der Waals surface area contributed by atoms with Crippen LogP contribution in [0.5, 0.6) is 0 Å². The van der Waals surface area contributed by atoms with Gasteiger partial charge in [-0.3, -0.25) is 0 Å². The largest absolute Gasteiger partial charge is 0.314 e. The van der Waals surface area contributed by atoms with Crippen molar-refractivity contribution in [2.24, 2.45) is 17.3 Å². The summed E-state index contributed by atoms with van der Waals surface area (Å²) in [5, 5.41) is 3.56. The smallest absolute Gasteiger partial charge is 0.0232 e. The minimum Gasteiger partial charge on any atom is -0.314 e. The van der Waals surface area contributed by atoms with Crippen molar-refractivity contribution in [1.82, 2.24) is 5.32 Å². The first-order valence-electron chi connectivity index (χ1n) is 5.21. The Morgan fingerprint density at radius 3 is 1.92 bits per heavy atom. The quantitative estimate of drug-likeness (QED) is 0.691. The van der Waals surface area contributed by atoms with Gasteiger partial charge in [0.2, 0.25) is 0 Å². The van der Waals surface area contributed by atoms with Gasteiger partial charge in [0, 0.05) is 5.54 Å². The number of nitrogens with one attached hydrogen (secondary N) is 1. The second-order valence-corrected chi connectivity index (χ2v) is 5.38. The predicted molar refractivity (Wildman–Crippen MR) is 59.3 cm³/mol. The lowest BCUT2D eigenvalue weighted by Gasteiger charge is -2.47. The highest BCUT2D eigenvalue weighted by Crippen LogP contribution is 2.60. The van der Waals surface area contributed by atoms with Gasteiger partial charge in [-0.2, -0.15) is 0 Å². The van der Waals surface area contributed by atoms with E-state index in [1.165, 1.54) is 19.3 Å². The topological polar surface area (TPSA) is 12.0 Å². The third-order valence-electron chi connectivity index (χ3n) is 5.13. The molecule has 0 aromatic carbocycles. The Balaban J connectivity index is 0.000000845. The summed E-state index contributed by atoms with van der Waals surface area (Å²) in [6.07, 6.45) is 4.38. The van der Waals surface area contributed by atoms with Gasteiger partial charge in [0.1, 0.15) is 0 Å². The third kappa shape index (κ3) is 1.16. The monoisotopic (exact) mass is 203 g/mol. The molecule has 2 heteroatoms. The van der Waals surface area contributed by atoms with E-state index in [1.54, 1.807) is 0 Å². The van der Waals surface area contributed by atoms with Crippen molar-refractivity contribution in [3.63, 3.8) is 0 Å². The van der Waals surface area contributed by atoms with E-state index < -0.39 is 0 Å². The molecule has 0 aliphatic heterocycles. The Bertz CT molecular complexity index is 202. The molecule has 2 aliphatic rings. The second kappa shape index (κ2) is 3.13. The highest BCUT2D eigenvalue weighted by molar-refractivity contribution is 5.85. The summed E-state index contributed by atoms with van der Waals surface area (Å²) in [6.45, 7) is 7.29. The van der Waals surface area contributed by atoms with Crippen molar-refractivity contribution in [2.45, 2.75) is 45.6 Å². The zero-order chi connectivity index (χ0) is 8.98. The maximum Gasteiger partial charge on any atom is 0.0232 e. The molecule has 78 valence electrons. The lowest BCUT2D eigenvalue weighted by molar-refractivity contribution is 0.0732. The molecule has 0 aromatic heterocycles. The maximum absolute atomic E-state index is 3.56. The Kier molecular flexibility index (Phi) is 2.73. The highest BCUT2D eigenvalue weighted by atomic mass is 35.5. The number of hydrogen-bond donors (Lipinski definition) is 1. The van der Waals surface area contributed by atoms with Gasteiger partial charge in [0.15, 0.2) is 0 Å². The fourth-order valence-corrected chi connectivity index (χ4v) is 3.64. The van der Waals surface area contributed by atoms with Gasteiger partial charge < -0.3 is 5.32 Å². The van der Waals surface area contributed by atoms with Crippen LogP contribution in [-0.2, 0) is 0 Å². The molecule has 2 rings (SSSR count). The van der Waals surface area contributed by atoms with E-state index in [4.69, 9.17) is 0 Å². The van der Waals surface area contributed by atoms with Crippen molar-refractivity contribution in [3.05, 3.63) is 0 Å². The summed E-state index contributed by atoms with van der Waals surface area (Å²) in [6, 6.07) is 0. The Morgan fingerprint density at radius 2 is 1.62 bits per heavy atom. The fourth-order valence-electron chi connectivity index (χ4n) is 3.64. The van der Waals surface area contributed by atoms with Gasteiger partial charge in [0.05, 0.1) is 0 Å². The number of halogens is 1. The van der Waals surface area contributed by atoms with Crippen molar-refractivity contribution >= 4 is 12.4 Å². The summed E-state index contributed by atoms with van der Waals surface area (Å²) < 4.78 is 0. The van der Waals surface area contributed by atoms with Crippen LogP contribution in [0.3, 0.4) is 0 Å². The maximum atomic E-state index is 3.56. The third-order valence-corrected chi connectivity index (χ3v) is 5.13. The van der Waals surface area contributed by atoms with E-state index in [0.29, 0.717) is 11.0 Å². The lowest BCUT2D eigenvalue weighted by Crippen LogP contribution is -2.55. The van der Waals surface area contributed by atoms with Crippen LogP contribution in [0.25, 0.3) is 0 Å². The summed E-state index contributed by atoms with van der Waals surface area (Å²) in [5.74, 6) is 1.91. The molecule has 3 atom stereocenters. The second-order valence-electron chi connectivity index (χ2n) is 5.38. The van der Waals surface area contributed by atoms with Crippen molar-refractivity contribution in [2.75, 3.05) is 7.05 Å². The first kappa shape index (κ1) is 11.3. The Hall–Kier alpha value is 0.250. The number of rotatable bonds is 1. The summed E-state index contributed by atoms with van der Waals surface area (Å²) in [7, 11) is 2.13. The van der Waals surface area contributed by atoms with Crippen LogP contribution in [0.15, 0.2) is 0 Å². The van der Waals surface area contributed by atoms with Crippen LogP contribution in [0.4, 0.5) is 0 Å². The summed E-state index contributed by atoms with van der Waals surface area (Å²) in [4.78, 5) is 0. The molecular formula is C11H22ClN. The fraction of sp³-hybridized carbons (Fsp3) is 1.00. The average molecular weight is 204 g/mol. The Morgan fingerprint density at radius 1 is 1.08 bits per heavy atom. The number of fused-ring (bicyclic) bond motifs is 2. The minimum atomic E-state index is 0. The van der Waals surface area contributed by atoms with Crippen molar-refractivity contribution in [3.8, 4) is 0 Å². The summed E-state index contributed by atoms with van der Waals surface area (Å²) >= 11 is 0. The van der Waals surface area contributed by atoms with Gasteiger partial charge in [-0.15, -0.1) is 12.4 Å². The number of hydrogen-bond acceptors (Lipinski definition) is 1. The molecule has 13 heavy (non-hydrogen) atoms. The van der Waals surface area contributed by atoms with Crippen molar-refractivity contribution in [1.29, 1.82) is 0 Å². The van der Waals surface area contributed by atoms with Crippen LogP contribution in [0.2, 0.25) is 0 Å². The molecule has 2 saturated carbocycles. The van der Waals surface area contributed by atoms with E-state index in [1.807, 2.05) is 0 Å². The molecule has 0 unspecified atom stereocenters. The molecular weight excluding hydrogens is 182 g/mol. The zero-order valence-electron chi connectivity index (χ0n) is 9.18.